The van der Waals surface area contributed by atoms with Crippen LogP contribution >= 0.6 is 0 Å². The van der Waals surface area contributed by atoms with E-state index in [0.717, 1.165) is 57.9 Å². The second-order valence-electron chi connectivity index (χ2n) is 5.82. The Bertz CT molecular complexity index is 209. The van der Waals surface area contributed by atoms with Crippen LogP contribution in [0.4, 0.5) is 0 Å². The van der Waals surface area contributed by atoms with Gasteiger partial charge in [0, 0.05) is 32.8 Å². The molecule has 1 aliphatic rings. The van der Waals surface area contributed by atoms with Crippen LogP contribution in [0.2, 0.25) is 0 Å². The minimum Gasteiger partial charge on any atom is -0.380 e. The van der Waals surface area contributed by atoms with Crippen LogP contribution in [-0.4, -0.2) is 57.5 Å². The van der Waals surface area contributed by atoms with Crippen LogP contribution in [0.3, 0.4) is 0 Å². The lowest BCUT2D eigenvalue weighted by Gasteiger charge is -2.32. The first-order valence-electron chi connectivity index (χ1n) is 8.38. The Hall–Kier alpha value is -0.160. The largest absolute Gasteiger partial charge is 0.380 e. The minimum atomic E-state index is 0.770. The maximum Gasteiger partial charge on any atom is 0.0593 e. The van der Waals surface area contributed by atoms with E-state index in [1.54, 1.807) is 0 Å². The molecule has 1 fully saturated rings. The van der Waals surface area contributed by atoms with Crippen molar-refractivity contribution in [2.24, 2.45) is 17.6 Å². The monoisotopic (exact) mass is 286 g/mol. The maximum absolute atomic E-state index is 5.77. The van der Waals surface area contributed by atoms with E-state index in [2.05, 4.69) is 18.7 Å². The summed E-state index contributed by atoms with van der Waals surface area (Å²) in [6.07, 6.45) is 5.29. The maximum atomic E-state index is 5.77. The predicted molar refractivity (Wildman–Crippen MR) is 83.9 cm³/mol. The van der Waals surface area contributed by atoms with Crippen LogP contribution in [-0.2, 0) is 9.47 Å². The average molecular weight is 286 g/mol. The topological polar surface area (TPSA) is 47.7 Å². The SMILES string of the molecule is CCOCCN(CCOCC)CC1CCC(CN)CC1. The van der Waals surface area contributed by atoms with Crippen molar-refractivity contribution >= 4 is 0 Å². The highest BCUT2D eigenvalue weighted by Gasteiger charge is 2.22. The van der Waals surface area contributed by atoms with Gasteiger partial charge in [0.1, 0.15) is 0 Å². The van der Waals surface area contributed by atoms with Crippen LogP contribution in [0, 0.1) is 11.8 Å². The number of ether oxygens (including phenoxy) is 2. The number of nitrogens with zero attached hydrogens (tertiary/aromatic N) is 1. The molecule has 0 bridgehead atoms. The Morgan fingerprint density at radius 2 is 1.40 bits per heavy atom. The molecule has 0 aliphatic heterocycles. The van der Waals surface area contributed by atoms with Gasteiger partial charge in [0.25, 0.3) is 0 Å². The molecule has 0 radical (unpaired) electrons. The summed E-state index contributed by atoms with van der Waals surface area (Å²) in [7, 11) is 0. The molecule has 0 unspecified atom stereocenters. The van der Waals surface area contributed by atoms with Crippen LogP contribution in [0.5, 0.6) is 0 Å². The van der Waals surface area contributed by atoms with Crippen LogP contribution in [0.1, 0.15) is 39.5 Å². The molecule has 0 atom stereocenters. The first-order chi connectivity index (χ1) is 9.80. The van der Waals surface area contributed by atoms with E-state index in [9.17, 15) is 0 Å². The lowest BCUT2D eigenvalue weighted by Crippen LogP contribution is -2.37. The molecule has 0 aromatic heterocycles. The quantitative estimate of drug-likeness (QED) is 0.591. The van der Waals surface area contributed by atoms with Gasteiger partial charge in [-0.05, 0) is 57.9 Å². The van der Waals surface area contributed by atoms with E-state index in [-0.39, 0.29) is 0 Å². The molecule has 4 nitrogen and oxygen atoms in total. The van der Waals surface area contributed by atoms with Crippen molar-refractivity contribution in [3.8, 4) is 0 Å². The van der Waals surface area contributed by atoms with Gasteiger partial charge in [-0.3, -0.25) is 4.90 Å². The van der Waals surface area contributed by atoms with Crippen LogP contribution in [0.15, 0.2) is 0 Å². The summed E-state index contributed by atoms with van der Waals surface area (Å²) in [5.74, 6) is 1.60. The minimum absolute atomic E-state index is 0.770. The summed E-state index contributed by atoms with van der Waals surface area (Å²) in [5.41, 5.74) is 5.77. The second-order valence-corrected chi connectivity index (χ2v) is 5.82. The summed E-state index contributed by atoms with van der Waals surface area (Å²) in [6, 6.07) is 0. The first kappa shape index (κ1) is 17.9. The fraction of sp³-hybridized carbons (Fsp3) is 1.00. The summed E-state index contributed by atoms with van der Waals surface area (Å²) in [5, 5.41) is 0. The third-order valence-corrected chi connectivity index (χ3v) is 4.33. The number of hydrogen-bond acceptors (Lipinski definition) is 4. The highest BCUT2D eigenvalue weighted by molar-refractivity contribution is 4.75. The predicted octanol–water partition coefficient (Wildman–Crippen LogP) is 2.13. The fourth-order valence-corrected chi connectivity index (χ4v) is 2.99. The number of hydrogen-bond donors (Lipinski definition) is 1. The molecular formula is C16H34N2O2. The average Bonchev–Trinajstić information content (AvgIpc) is 2.48. The molecule has 1 rings (SSSR count). The van der Waals surface area contributed by atoms with Crippen molar-refractivity contribution in [1.29, 1.82) is 0 Å². The molecule has 1 saturated carbocycles. The summed E-state index contributed by atoms with van der Waals surface area (Å²) in [6.45, 7) is 11.5. The first-order valence-corrected chi connectivity index (χ1v) is 8.38. The molecule has 0 aromatic rings. The number of nitrogens with two attached hydrogens (primary N) is 1. The highest BCUT2D eigenvalue weighted by Crippen LogP contribution is 2.28. The van der Waals surface area contributed by atoms with Gasteiger partial charge in [0.2, 0.25) is 0 Å². The van der Waals surface area contributed by atoms with Crippen molar-refractivity contribution in [3.63, 3.8) is 0 Å². The second kappa shape index (κ2) is 11.5. The van der Waals surface area contributed by atoms with Gasteiger partial charge in [-0.1, -0.05) is 0 Å². The van der Waals surface area contributed by atoms with Gasteiger partial charge in [-0.15, -0.1) is 0 Å². The van der Waals surface area contributed by atoms with Gasteiger partial charge < -0.3 is 15.2 Å². The smallest absolute Gasteiger partial charge is 0.0593 e. The van der Waals surface area contributed by atoms with E-state index in [1.807, 2.05) is 0 Å². The molecule has 0 aromatic carbocycles. The van der Waals surface area contributed by atoms with Crippen LogP contribution in [0.25, 0.3) is 0 Å². The van der Waals surface area contributed by atoms with E-state index < -0.39 is 0 Å². The Kier molecular flexibility index (Phi) is 10.3. The van der Waals surface area contributed by atoms with Gasteiger partial charge in [-0.25, -0.2) is 0 Å². The molecule has 1 aliphatic carbocycles. The Balaban J connectivity index is 2.26. The molecule has 20 heavy (non-hydrogen) atoms. The zero-order chi connectivity index (χ0) is 14.6. The van der Waals surface area contributed by atoms with Crippen molar-refractivity contribution < 1.29 is 9.47 Å². The Morgan fingerprint density at radius 1 is 0.900 bits per heavy atom. The van der Waals surface area contributed by atoms with Gasteiger partial charge in [-0.2, -0.15) is 0 Å². The van der Waals surface area contributed by atoms with Crippen molar-refractivity contribution in [1.82, 2.24) is 4.90 Å². The van der Waals surface area contributed by atoms with Crippen molar-refractivity contribution in [2.45, 2.75) is 39.5 Å². The molecule has 0 saturated heterocycles. The standard InChI is InChI=1S/C16H34N2O2/c1-3-19-11-9-18(10-12-20-4-2)14-16-7-5-15(13-17)6-8-16/h15-16H,3-14,17H2,1-2H3. The van der Waals surface area contributed by atoms with Gasteiger partial charge in [0.05, 0.1) is 13.2 Å². The van der Waals surface area contributed by atoms with Gasteiger partial charge in [0.15, 0.2) is 0 Å². The number of rotatable bonds is 11. The van der Waals surface area contributed by atoms with Crippen molar-refractivity contribution in [2.75, 3.05) is 52.6 Å². The molecule has 2 N–H and O–H groups in total. The molecule has 4 heteroatoms. The molecule has 0 heterocycles. The molecule has 0 amide bonds. The molecule has 120 valence electrons. The third-order valence-electron chi connectivity index (χ3n) is 4.33. The molecule has 0 spiro atoms. The van der Waals surface area contributed by atoms with E-state index >= 15 is 0 Å². The summed E-state index contributed by atoms with van der Waals surface area (Å²) < 4.78 is 11.0. The van der Waals surface area contributed by atoms with Crippen molar-refractivity contribution in [3.05, 3.63) is 0 Å². The Morgan fingerprint density at radius 3 is 1.85 bits per heavy atom. The lowest BCUT2D eigenvalue weighted by molar-refractivity contribution is 0.0703. The summed E-state index contributed by atoms with van der Waals surface area (Å²) in [4.78, 5) is 2.51. The summed E-state index contributed by atoms with van der Waals surface area (Å²) >= 11 is 0. The van der Waals surface area contributed by atoms with E-state index in [0.29, 0.717) is 0 Å². The zero-order valence-corrected chi connectivity index (χ0v) is 13.5. The van der Waals surface area contributed by atoms with Crippen LogP contribution < -0.4 is 5.73 Å². The van der Waals surface area contributed by atoms with E-state index in [1.165, 1.54) is 32.2 Å². The highest BCUT2D eigenvalue weighted by atomic mass is 16.5. The van der Waals surface area contributed by atoms with Gasteiger partial charge >= 0.3 is 0 Å². The lowest BCUT2D eigenvalue weighted by atomic mass is 9.82. The van der Waals surface area contributed by atoms with E-state index in [4.69, 9.17) is 15.2 Å². The normalized spacial score (nSPS) is 23.4. The Labute approximate surface area is 125 Å². The zero-order valence-electron chi connectivity index (χ0n) is 13.5. The fourth-order valence-electron chi connectivity index (χ4n) is 2.99. The molecular weight excluding hydrogens is 252 g/mol. The third kappa shape index (κ3) is 7.58.